The lowest BCUT2D eigenvalue weighted by atomic mass is 10.1. The molecule has 0 aliphatic rings. The summed E-state index contributed by atoms with van der Waals surface area (Å²) in [5.74, 6) is 0.935. The minimum atomic E-state index is 0. The average Bonchev–Trinajstić information content (AvgIpc) is 1.91. The Hall–Kier alpha value is -0.0400. The van der Waals surface area contributed by atoms with Crippen LogP contribution in [-0.4, -0.2) is 5.48 Å². The van der Waals surface area contributed by atoms with Gasteiger partial charge in [0.1, 0.15) is 0 Å². The van der Waals surface area contributed by atoms with Gasteiger partial charge in [0.05, 0.1) is 0 Å². The van der Waals surface area contributed by atoms with Gasteiger partial charge in [0.15, 0.2) is 0 Å². The highest BCUT2D eigenvalue weighted by Crippen LogP contribution is 2.02. The van der Waals surface area contributed by atoms with E-state index in [1.807, 2.05) is 13.8 Å². The van der Waals surface area contributed by atoms with E-state index in [2.05, 4.69) is 20.8 Å². The van der Waals surface area contributed by atoms with Crippen molar-refractivity contribution in [1.82, 2.24) is 0 Å². The first kappa shape index (κ1) is 16.0. The van der Waals surface area contributed by atoms with Crippen LogP contribution in [0.2, 0.25) is 0 Å². The van der Waals surface area contributed by atoms with Gasteiger partial charge in [-0.3, -0.25) is 0 Å². The Morgan fingerprint density at radius 1 is 1.00 bits per heavy atom. The molecule has 0 bridgehead atoms. The van der Waals surface area contributed by atoms with Crippen molar-refractivity contribution in [3.05, 3.63) is 0 Å². The van der Waals surface area contributed by atoms with Crippen LogP contribution in [0.4, 0.5) is 0 Å². The molecule has 0 unspecified atom stereocenters. The maximum atomic E-state index is 2.28. The van der Waals surface area contributed by atoms with Crippen molar-refractivity contribution in [3.63, 3.8) is 0 Å². The fourth-order valence-corrected chi connectivity index (χ4v) is 0.289. The summed E-state index contributed by atoms with van der Waals surface area (Å²) in [7, 11) is 0. The van der Waals surface area contributed by atoms with Crippen molar-refractivity contribution in [2.24, 2.45) is 5.92 Å². The lowest BCUT2D eigenvalue weighted by molar-refractivity contribution is 0.544. The Labute approximate surface area is 59.8 Å². The molecule has 0 fully saturated rings. The summed E-state index contributed by atoms with van der Waals surface area (Å²) < 4.78 is 0. The third-order valence-electron chi connectivity index (χ3n) is 1.39. The first-order chi connectivity index (χ1) is 3.81. The molecule has 0 atom stereocenters. The third-order valence-corrected chi connectivity index (χ3v) is 1.39. The third kappa shape index (κ3) is 18.0. The highest BCUT2D eigenvalue weighted by atomic mass is 16.0. The van der Waals surface area contributed by atoms with E-state index >= 15 is 0 Å². The van der Waals surface area contributed by atoms with Crippen molar-refractivity contribution < 1.29 is 5.48 Å². The smallest absolute Gasteiger partial charge is 0.0448 e. The molecule has 0 rings (SSSR count). The van der Waals surface area contributed by atoms with E-state index < -0.39 is 0 Å². The molecule has 0 saturated carbocycles. The van der Waals surface area contributed by atoms with Gasteiger partial charge in [0, 0.05) is 0 Å². The van der Waals surface area contributed by atoms with Gasteiger partial charge >= 0.3 is 0 Å². The van der Waals surface area contributed by atoms with Gasteiger partial charge in [-0.15, -0.1) is 0 Å². The summed E-state index contributed by atoms with van der Waals surface area (Å²) >= 11 is 0. The number of hydrogen-bond acceptors (Lipinski definition) is 0. The van der Waals surface area contributed by atoms with Crippen molar-refractivity contribution in [2.75, 3.05) is 0 Å². The molecule has 0 heterocycles. The molecular formula is C8H22O. The van der Waals surface area contributed by atoms with E-state index in [-0.39, 0.29) is 5.48 Å². The van der Waals surface area contributed by atoms with Gasteiger partial charge in [0.25, 0.3) is 0 Å². The highest BCUT2D eigenvalue weighted by Gasteiger charge is 1.88. The predicted octanol–water partition coefficient (Wildman–Crippen LogP) is 2.64. The van der Waals surface area contributed by atoms with E-state index in [0.717, 1.165) is 5.92 Å². The van der Waals surface area contributed by atoms with Crippen molar-refractivity contribution in [1.29, 1.82) is 0 Å². The van der Waals surface area contributed by atoms with Crippen LogP contribution in [0.15, 0.2) is 0 Å². The maximum Gasteiger partial charge on any atom is -0.0448 e. The summed E-state index contributed by atoms with van der Waals surface area (Å²) in [5.41, 5.74) is 0. The highest BCUT2D eigenvalue weighted by molar-refractivity contribution is 4.41. The molecule has 0 radical (unpaired) electrons. The molecule has 2 N–H and O–H groups in total. The fraction of sp³-hybridized carbons (Fsp3) is 1.00. The Morgan fingerprint density at radius 3 is 1.22 bits per heavy atom. The minimum absolute atomic E-state index is 0. The summed E-state index contributed by atoms with van der Waals surface area (Å²) in [6.45, 7) is 10.7. The molecule has 0 aromatic heterocycles. The fourth-order valence-electron chi connectivity index (χ4n) is 0.289. The first-order valence-electron chi connectivity index (χ1n) is 3.81. The lowest BCUT2D eigenvalue weighted by Gasteiger charge is -1.98. The van der Waals surface area contributed by atoms with E-state index in [0.29, 0.717) is 0 Å². The second kappa shape index (κ2) is 15.7. The van der Waals surface area contributed by atoms with E-state index in [4.69, 9.17) is 0 Å². The van der Waals surface area contributed by atoms with Crippen molar-refractivity contribution in [3.8, 4) is 0 Å². The summed E-state index contributed by atoms with van der Waals surface area (Å²) in [6.07, 6.45) is 2.66. The Bertz CT molecular complexity index is 23.7. The zero-order valence-corrected chi connectivity index (χ0v) is 7.49. The quantitative estimate of drug-likeness (QED) is 0.556. The normalized spacial score (nSPS) is 7.33. The summed E-state index contributed by atoms with van der Waals surface area (Å²) in [6, 6.07) is 0. The van der Waals surface area contributed by atoms with Crippen LogP contribution in [0, 0.1) is 5.92 Å². The van der Waals surface area contributed by atoms with Crippen LogP contribution in [0.1, 0.15) is 47.5 Å². The number of rotatable bonds is 2. The Kier molecular flexibility index (Phi) is 27.8. The van der Waals surface area contributed by atoms with E-state index in [9.17, 15) is 0 Å². The standard InChI is InChI=1S/C6H14.C2H6.H2O/c1-4-6(3)5-2;1-2;/h6H,4-5H2,1-3H3;1-2H3;1H2. The van der Waals surface area contributed by atoms with Gasteiger partial charge in [0.2, 0.25) is 0 Å². The van der Waals surface area contributed by atoms with Gasteiger partial charge < -0.3 is 5.48 Å². The van der Waals surface area contributed by atoms with Crippen LogP contribution in [-0.2, 0) is 0 Å². The topological polar surface area (TPSA) is 31.5 Å². The van der Waals surface area contributed by atoms with Crippen LogP contribution >= 0.6 is 0 Å². The molecule has 0 spiro atoms. The molecule has 1 nitrogen and oxygen atoms in total. The Morgan fingerprint density at radius 2 is 1.22 bits per heavy atom. The summed E-state index contributed by atoms with van der Waals surface area (Å²) in [5, 5.41) is 0. The zero-order chi connectivity index (χ0) is 6.99. The Balaban J connectivity index is -0.000000109. The molecular weight excluding hydrogens is 112 g/mol. The molecule has 0 aliphatic heterocycles. The second-order valence-corrected chi connectivity index (χ2v) is 1.92. The molecule has 1 heteroatoms. The molecule has 0 aromatic carbocycles. The van der Waals surface area contributed by atoms with Crippen molar-refractivity contribution >= 4 is 0 Å². The van der Waals surface area contributed by atoms with E-state index in [1.165, 1.54) is 12.8 Å². The minimum Gasteiger partial charge on any atom is -0.412 e. The predicted molar refractivity (Wildman–Crippen MR) is 44.7 cm³/mol. The molecule has 0 aliphatic carbocycles. The van der Waals surface area contributed by atoms with Crippen LogP contribution in [0.25, 0.3) is 0 Å². The monoisotopic (exact) mass is 134 g/mol. The van der Waals surface area contributed by atoms with Crippen LogP contribution in [0.3, 0.4) is 0 Å². The largest absolute Gasteiger partial charge is 0.412 e. The molecule has 0 amide bonds. The van der Waals surface area contributed by atoms with Crippen LogP contribution in [0.5, 0.6) is 0 Å². The van der Waals surface area contributed by atoms with Crippen LogP contribution < -0.4 is 0 Å². The van der Waals surface area contributed by atoms with Gasteiger partial charge in [-0.25, -0.2) is 0 Å². The van der Waals surface area contributed by atoms with Gasteiger partial charge in [-0.05, 0) is 5.92 Å². The first-order valence-corrected chi connectivity index (χ1v) is 3.81. The number of hydrogen-bond donors (Lipinski definition) is 0. The average molecular weight is 134 g/mol. The lowest BCUT2D eigenvalue weighted by Crippen LogP contribution is -1.85. The molecule has 0 aromatic rings. The molecule has 0 saturated heterocycles. The van der Waals surface area contributed by atoms with Gasteiger partial charge in [-0.1, -0.05) is 47.5 Å². The summed E-state index contributed by atoms with van der Waals surface area (Å²) in [4.78, 5) is 0. The molecule has 9 heavy (non-hydrogen) atoms. The van der Waals surface area contributed by atoms with E-state index in [1.54, 1.807) is 0 Å². The SMILES string of the molecule is CC.CCC(C)CC.O. The second-order valence-electron chi connectivity index (χ2n) is 1.92. The maximum absolute atomic E-state index is 2.28. The molecule has 60 valence electrons. The van der Waals surface area contributed by atoms with Gasteiger partial charge in [-0.2, -0.15) is 0 Å². The van der Waals surface area contributed by atoms with Crippen molar-refractivity contribution in [2.45, 2.75) is 47.5 Å². The zero-order valence-electron chi connectivity index (χ0n) is 7.49.